The molecule has 0 nitrogen and oxygen atoms in total. The van der Waals surface area contributed by atoms with E-state index in [1.54, 1.807) is 0 Å². The highest BCUT2D eigenvalue weighted by molar-refractivity contribution is 5.03. The maximum Gasteiger partial charge on any atom is 0.0714 e. The molecule has 0 N–H and O–H groups in total. The van der Waals surface area contributed by atoms with Crippen LogP contribution < -0.4 is 0 Å². The quantitative estimate of drug-likeness (QED) is 0.359. The monoisotopic (exact) mass is 55.1 g/mol. The van der Waals surface area contributed by atoms with Gasteiger partial charge in [0.15, 0.2) is 0 Å². The van der Waals surface area contributed by atoms with E-state index in [1.807, 2.05) is 5.92 Å². The van der Waals surface area contributed by atoms with E-state index >= 15 is 0 Å². The maximum absolute atomic E-state index is 6.54. The van der Waals surface area contributed by atoms with E-state index in [4.69, 9.17) is 4.11 Å². The summed E-state index contributed by atoms with van der Waals surface area (Å²) in [6.07, 6.45) is 4.64. The van der Waals surface area contributed by atoms with Crippen LogP contribution in [0.5, 0.6) is 0 Å². The Balaban J connectivity index is 4.07. The molecule has 0 unspecified atom stereocenters. The van der Waals surface area contributed by atoms with Gasteiger partial charge in [0, 0.05) is 0 Å². The summed E-state index contributed by atoms with van der Waals surface area (Å²) in [5.41, 5.74) is 0. The minimum absolute atomic E-state index is 0.375. The van der Waals surface area contributed by atoms with Crippen LogP contribution >= 0.6 is 0 Å². The molecule has 0 saturated carbocycles. The van der Waals surface area contributed by atoms with E-state index in [1.165, 1.54) is 0 Å². The van der Waals surface area contributed by atoms with Crippen molar-refractivity contribution in [3.63, 3.8) is 0 Å². The number of hydrogen-bond donors (Lipinski definition) is 0. The van der Waals surface area contributed by atoms with E-state index in [2.05, 4.69) is 6.42 Å². The average Bonchev–Trinajstić information content (AvgIpc) is 1.65. The van der Waals surface area contributed by atoms with E-state index in [9.17, 15) is 0 Å². The Hall–Kier alpha value is -0.700. The molecule has 0 radical (unpaired) electrons. The lowest BCUT2D eigenvalue weighted by atomic mass is 10.7. The van der Waals surface area contributed by atoms with Crippen LogP contribution in [0.2, 0.25) is 0 Å². The molecule has 0 atom stereocenters. The first kappa shape index (κ1) is 0.621. The molecule has 0 saturated heterocycles. The Morgan fingerprint density at radius 2 is 3.50 bits per heavy atom. The molecule has 0 aromatic heterocycles. The van der Waals surface area contributed by atoms with Gasteiger partial charge in [-0.1, -0.05) is 12.5 Å². The third-order valence-corrected chi connectivity index (χ3v) is 0.0722. The molecule has 0 spiro atoms. The predicted octanol–water partition coefficient (Wildman–Crippen LogP) is 0.806. The Bertz CT molecular complexity index is 124. The molecule has 0 aromatic rings. The van der Waals surface area contributed by atoms with Gasteiger partial charge in [0.05, 0.1) is 4.11 Å². The topological polar surface area (TPSA) is 0 Å². The van der Waals surface area contributed by atoms with Crippen molar-refractivity contribution in [3.8, 4) is 12.3 Å². The van der Waals surface area contributed by atoms with Crippen molar-refractivity contribution in [1.29, 1.82) is 0 Å². The standard InChI is InChI=1S/C4H4/c1-3-4-2/h1,4H,2H2/i2D2,4D. The van der Waals surface area contributed by atoms with Crippen LogP contribution in [0.4, 0.5) is 0 Å². The van der Waals surface area contributed by atoms with Gasteiger partial charge in [0.1, 0.15) is 0 Å². The fourth-order valence-corrected chi connectivity index (χ4v) is 0. The molecule has 0 bridgehead atoms. The largest absolute Gasteiger partial charge is 0.115 e. The Labute approximate surface area is 30.4 Å². The molecular weight excluding hydrogens is 48.0 g/mol. The van der Waals surface area contributed by atoms with Crippen LogP contribution in [0.1, 0.15) is 4.11 Å². The lowest BCUT2D eigenvalue weighted by Gasteiger charge is -1.38. The molecular formula is C4H4. The Morgan fingerprint density at radius 3 is 3.50 bits per heavy atom. The minimum Gasteiger partial charge on any atom is -0.115 e. The lowest BCUT2D eigenvalue weighted by molar-refractivity contribution is 2.34. The first-order valence-corrected chi connectivity index (χ1v) is 0.789. The highest BCUT2D eigenvalue weighted by Crippen LogP contribution is 1.41. The van der Waals surface area contributed by atoms with Crippen LogP contribution in [-0.2, 0) is 0 Å². The molecule has 0 heteroatoms. The van der Waals surface area contributed by atoms with Crippen molar-refractivity contribution in [2.75, 3.05) is 0 Å². The van der Waals surface area contributed by atoms with Crippen molar-refractivity contribution in [2.45, 2.75) is 0 Å². The van der Waals surface area contributed by atoms with Crippen molar-refractivity contribution in [2.24, 2.45) is 0 Å². The van der Waals surface area contributed by atoms with Gasteiger partial charge >= 0.3 is 0 Å². The number of allylic oxidation sites excluding steroid dienone is 1. The summed E-state index contributed by atoms with van der Waals surface area (Å²) in [6, 6.07) is -0.375. The Kier molecular flexibility index (Phi) is 0.357. The van der Waals surface area contributed by atoms with Crippen LogP contribution in [0, 0.1) is 12.3 Å². The van der Waals surface area contributed by atoms with E-state index in [0.29, 0.717) is 0 Å². The SMILES string of the molecule is [2H]C([2H])=C([2H])C#C. The van der Waals surface area contributed by atoms with E-state index < -0.39 is 6.53 Å². The fourth-order valence-electron chi connectivity index (χ4n) is 0. The van der Waals surface area contributed by atoms with Crippen LogP contribution in [0.3, 0.4) is 0 Å². The Morgan fingerprint density at radius 1 is 2.75 bits per heavy atom. The minimum atomic E-state index is -0.609. The second kappa shape index (κ2) is 2.30. The third-order valence-electron chi connectivity index (χ3n) is 0.0722. The van der Waals surface area contributed by atoms with Crippen LogP contribution in [0.15, 0.2) is 12.6 Å². The summed E-state index contributed by atoms with van der Waals surface area (Å²) >= 11 is 0. The first-order valence-electron chi connectivity index (χ1n) is 2.29. The van der Waals surface area contributed by atoms with Gasteiger partial charge in [0.25, 0.3) is 0 Å². The molecule has 20 valence electrons. The first-order chi connectivity index (χ1) is 3.18. The van der Waals surface area contributed by atoms with Crippen molar-refractivity contribution < 1.29 is 4.11 Å². The van der Waals surface area contributed by atoms with Crippen molar-refractivity contribution >= 4 is 0 Å². The van der Waals surface area contributed by atoms with Gasteiger partial charge in [-0.15, -0.1) is 6.42 Å². The smallest absolute Gasteiger partial charge is 0.0714 e. The zero-order valence-corrected chi connectivity index (χ0v) is 2.08. The number of rotatable bonds is 0. The highest BCUT2D eigenvalue weighted by atomic mass is 13.3. The van der Waals surface area contributed by atoms with Gasteiger partial charge < -0.3 is 0 Å². The fraction of sp³-hybridized carbons (Fsp3) is 0. The third kappa shape index (κ3) is 1.30. The molecule has 0 rings (SSSR count). The van der Waals surface area contributed by atoms with Crippen LogP contribution in [-0.4, -0.2) is 0 Å². The molecule has 0 fully saturated rings. The molecule has 0 aromatic carbocycles. The maximum atomic E-state index is 6.54. The molecule has 0 aliphatic carbocycles. The molecule has 0 aliphatic rings. The normalized spacial score (nSPS) is 13.2. The molecule has 0 aliphatic heterocycles. The summed E-state index contributed by atoms with van der Waals surface area (Å²) in [7, 11) is 0. The highest BCUT2D eigenvalue weighted by Gasteiger charge is 1.26. The van der Waals surface area contributed by atoms with E-state index in [-0.39, 0.29) is 6.05 Å². The van der Waals surface area contributed by atoms with Gasteiger partial charge in [-0.05, 0) is 6.05 Å². The summed E-state index contributed by atoms with van der Waals surface area (Å²) in [5, 5.41) is 0. The summed E-state index contributed by atoms with van der Waals surface area (Å²) in [6.45, 7) is -0.609. The predicted molar refractivity (Wildman–Crippen MR) is 19.0 cm³/mol. The number of hydrogen-bond acceptors (Lipinski definition) is 0. The van der Waals surface area contributed by atoms with Gasteiger partial charge in [-0.2, -0.15) is 0 Å². The number of terminal acetylenes is 1. The molecule has 0 amide bonds. The van der Waals surface area contributed by atoms with Crippen molar-refractivity contribution in [1.82, 2.24) is 0 Å². The van der Waals surface area contributed by atoms with Gasteiger partial charge in [-0.3, -0.25) is 0 Å². The summed E-state index contributed by atoms with van der Waals surface area (Å²) in [5.74, 6) is 1.84. The molecule has 0 heterocycles. The van der Waals surface area contributed by atoms with E-state index in [0.717, 1.165) is 0 Å². The molecule has 4 heavy (non-hydrogen) atoms. The second-order valence-corrected chi connectivity index (χ2v) is 0.269. The van der Waals surface area contributed by atoms with Crippen molar-refractivity contribution in [3.05, 3.63) is 12.6 Å². The summed E-state index contributed by atoms with van der Waals surface area (Å²) < 4.78 is 19.3. The van der Waals surface area contributed by atoms with Gasteiger partial charge in [0.2, 0.25) is 0 Å². The zero-order valence-electron chi connectivity index (χ0n) is 5.08. The van der Waals surface area contributed by atoms with Crippen LogP contribution in [0.25, 0.3) is 0 Å². The lowest BCUT2D eigenvalue weighted by Crippen LogP contribution is -1.24. The second-order valence-electron chi connectivity index (χ2n) is 0.269. The average molecular weight is 55.1 g/mol. The zero-order chi connectivity index (χ0) is 5.86. The summed E-state index contributed by atoms with van der Waals surface area (Å²) in [4.78, 5) is 0. The van der Waals surface area contributed by atoms with Gasteiger partial charge in [-0.25, -0.2) is 0 Å².